The highest BCUT2D eigenvalue weighted by molar-refractivity contribution is 9.11. The minimum Gasteiger partial charge on any atom is -0.456 e. The summed E-state index contributed by atoms with van der Waals surface area (Å²) in [5.74, 6) is 0. The van der Waals surface area contributed by atoms with E-state index in [1.54, 1.807) is 12.1 Å². The van der Waals surface area contributed by atoms with Crippen molar-refractivity contribution >= 4 is 173 Å². The van der Waals surface area contributed by atoms with Crippen LogP contribution >= 0.6 is 54.5 Å². The van der Waals surface area contributed by atoms with E-state index >= 15 is 0 Å². The van der Waals surface area contributed by atoms with E-state index in [1.807, 2.05) is 77.3 Å². The molecule has 15 rings (SSSR count). The lowest BCUT2D eigenvalue weighted by molar-refractivity contribution is 0.425. The van der Waals surface area contributed by atoms with E-state index in [0.717, 1.165) is 71.4 Å². The van der Waals surface area contributed by atoms with Crippen molar-refractivity contribution in [1.29, 1.82) is 0 Å². The van der Waals surface area contributed by atoms with Crippen molar-refractivity contribution in [3.8, 4) is 22.3 Å². The Kier molecular flexibility index (Phi) is 10.7. The molecular weight excluding hydrogens is 1040 g/mol. The van der Waals surface area contributed by atoms with Crippen molar-refractivity contribution < 1.29 is 23.3 Å². The van der Waals surface area contributed by atoms with Crippen molar-refractivity contribution in [1.82, 2.24) is 0 Å². The van der Waals surface area contributed by atoms with Gasteiger partial charge in [0.2, 0.25) is 0 Å². The van der Waals surface area contributed by atoms with Gasteiger partial charge in [-0.3, -0.25) is 0 Å². The van der Waals surface area contributed by atoms with Gasteiger partial charge in [-0.2, -0.15) is 0 Å². The molecule has 334 valence electrons. The number of halogens is 2. The van der Waals surface area contributed by atoms with Gasteiger partial charge in [0.25, 0.3) is 0 Å². The molecule has 0 aliphatic heterocycles. The Morgan fingerprint density at radius 2 is 0.614 bits per heavy atom. The van der Waals surface area contributed by atoms with E-state index in [4.69, 9.17) is 13.3 Å². The topological polar surface area (TPSA) is 79.9 Å². The van der Waals surface area contributed by atoms with Gasteiger partial charge in [-0.1, -0.05) is 170 Å². The van der Waals surface area contributed by atoms with Gasteiger partial charge in [0.05, 0.1) is 0 Å². The number of hydrogen-bond acceptors (Lipinski definition) is 7. The fourth-order valence-electron chi connectivity index (χ4n) is 9.89. The molecule has 0 amide bonds. The van der Waals surface area contributed by atoms with E-state index in [2.05, 4.69) is 165 Å². The molecule has 0 saturated heterocycles. The first-order valence-electron chi connectivity index (χ1n) is 22.7. The summed E-state index contributed by atoms with van der Waals surface area (Å²) in [5.41, 5.74) is 10.1. The van der Waals surface area contributed by atoms with Crippen molar-refractivity contribution in [2.45, 2.75) is 0 Å². The van der Waals surface area contributed by atoms with E-state index in [0.29, 0.717) is 11.0 Å². The Hall–Kier alpha value is -7.02. The maximum Gasteiger partial charge on any atom is 0.492 e. The molecule has 10 heteroatoms. The number of rotatable bonds is 3. The number of fused-ring (bicyclic) bond motifs is 15. The summed E-state index contributed by atoms with van der Waals surface area (Å²) >= 11 is 10.9. The molecule has 0 fully saturated rings. The Labute approximate surface area is 424 Å². The highest BCUT2D eigenvalue weighted by Crippen LogP contribution is 2.48. The molecule has 15 aromatic rings. The third-order valence-corrected chi connectivity index (χ3v) is 17.5. The van der Waals surface area contributed by atoms with Gasteiger partial charge in [-0.15, -0.1) is 22.7 Å². The van der Waals surface area contributed by atoms with Crippen LogP contribution in [0.3, 0.4) is 0 Å². The van der Waals surface area contributed by atoms with Crippen LogP contribution in [-0.4, -0.2) is 17.2 Å². The SMILES string of the molecule is Brc1cccc2c1sc1c(Br)cccc12.OB(O)c1cccc2c1oc1ccccc12.c1ccc2c(c1)oc1c(-c3cccc4c3sc3c(-c5cccc6c5oc5ccccc56)cccc34)cccc12. The second-order valence-electron chi connectivity index (χ2n) is 17.1. The maximum atomic E-state index is 9.24. The van der Waals surface area contributed by atoms with Gasteiger partial charge in [0.1, 0.15) is 33.5 Å². The second kappa shape index (κ2) is 17.4. The molecule has 2 N–H and O–H groups in total. The average Bonchev–Trinajstić information content (AvgIpc) is 4.23. The largest absolute Gasteiger partial charge is 0.492 e. The first kappa shape index (κ1) is 43.0. The molecule has 0 saturated carbocycles. The molecule has 0 spiro atoms. The summed E-state index contributed by atoms with van der Waals surface area (Å²) in [4.78, 5) is 0. The second-order valence-corrected chi connectivity index (χ2v) is 20.8. The van der Waals surface area contributed by atoms with Gasteiger partial charge in [-0.25, -0.2) is 0 Å². The lowest BCUT2D eigenvalue weighted by Gasteiger charge is -2.04. The molecule has 10 aromatic carbocycles. The molecule has 0 aliphatic carbocycles. The molecular formula is C60H35BBr2O5S2. The first-order valence-corrected chi connectivity index (χ1v) is 25.9. The zero-order valence-corrected chi connectivity index (χ0v) is 41.6. The van der Waals surface area contributed by atoms with E-state index in [1.165, 1.54) is 60.4 Å². The molecule has 0 aliphatic rings. The quantitative estimate of drug-likeness (QED) is 0.172. The predicted octanol–water partition coefficient (Wildman–Crippen LogP) is 18.0. The fraction of sp³-hybridized carbons (Fsp3) is 0. The Morgan fingerprint density at radius 1 is 0.300 bits per heavy atom. The molecule has 5 nitrogen and oxygen atoms in total. The monoisotopic (exact) mass is 1070 g/mol. The fourth-order valence-corrected chi connectivity index (χ4v) is 13.6. The zero-order valence-electron chi connectivity index (χ0n) is 36.8. The van der Waals surface area contributed by atoms with Crippen LogP contribution in [0.15, 0.2) is 222 Å². The summed E-state index contributed by atoms with van der Waals surface area (Å²) in [6, 6.07) is 68.4. The lowest BCUT2D eigenvalue weighted by Crippen LogP contribution is -2.29. The number of furan rings is 3. The van der Waals surface area contributed by atoms with Crippen LogP contribution in [0.5, 0.6) is 0 Å². The number of hydrogen-bond donors (Lipinski definition) is 2. The smallest absolute Gasteiger partial charge is 0.456 e. The molecule has 5 aromatic heterocycles. The summed E-state index contributed by atoms with van der Waals surface area (Å²) in [6.45, 7) is 0. The third-order valence-electron chi connectivity index (χ3n) is 13.1. The summed E-state index contributed by atoms with van der Waals surface area (Å²) in [5, 5.41) is 30.2. The Balaban J connectivity index is 0.000000126. The van der Waals surface area contributed by atoms with E-state index < -0.39 is 7.12 Å². The molecule has 5 heterocycles. The van der Waals surface area contributed by atoms with Crippen LogP contribution in [-0.2, 0) is 0 Å². The highest BCUT2D eigenvalue weighted by atomic mass is 79.9. The van der Waals surface area contributed by atoms with Crippen molar-refractivity contribution in [2.75, 3.05) is 0 Å². The molecule has 70 heavy (non-hydrogen) atoms. The van der Waals surface area contributed by atoms with Gasteiger partial charge < -0.3 is 23.3 Å². The number of thiophene rings is 2. The lowest BCUT2D eigenvalue weighted by atomic mass is 9.79. The van der Waals surface area contributed by atoms with Crippen LogP contribution in [0.1, 0.15) is 0 Å². The standard InChI is InChI=1S/C36H20O2S.C12H9BO3.C12H6Br2S/c1-3-19-31-21(9-1)23-11-5-13-25(33(23)37-31)27-15-7-17-29-30-18-8-16-28(36(30)39-35(27)29)26-14-6-12-24-22-10-2-4-20-32(22)38-34(24)26;14-13(15)10-6-3-5-9-8-4-1-2-7-11(8)16-12(9)10;13-9-5-1-3-7-8-4-2-6-10(14)12(8)15-11(7)9/h1-20H;1-7,14-15H;1-6H. The van der Waals surface area contributed by atoms with Crippen molar-refractivity contribution in [3.05, 3.63) is 209 Å². The van der Waals surface area contributed by atoms with Crippen molar-refractivity contribution in [3.63, 3.8) is 0 Å². The van der Waals surface area contributed by atoms with Crippen LogP contribution < -0.4 is 5.46 Å². The average molecular weight is 1070 g/mol. The normalized spacial score (nSPS) is 11.7. The van der Waals surface area contributed by atoms with Gasteiger partial charge in [0, 0.05) is 109 Å². The van der Waals surface area contributed by atoms with Gasteiger partial charge in [-0.05, 0) is 62.2 Å². The van der Waals surface area contributed by atoms with Crippen LogP contribution in [0, 0.1) is 0 Å². The summed E-state index contributed by atoms with van der Waals surface area (Å²) in [6.07, 6.45) is 0. The first-order chi connectivity index (χ1) is 34.4. The summed E-state index contributed by atoms with van der Waals surface area (Å²) in [7, 11) is -1.51. The summed E-state index contributed by atoms with van der Waals surface area (Å²) < 4.78 is 26.0. The van der Waals surface area contributed by atoms with Crippen molar-refractivity contribution in [2.24, 2.45) is 0 Å². The maximum absolute atomic E-state index is 9.24. The Bertz CT molecular complexity index is 4300. The zero-order chi connectivity index (χ0) is 47.0. The Morgan fingerprint density at radius 3 is 1.06 bits per heavy atom. The predicted molar refractivity (Wildman–Crippen MR) is 303 cm³/mol. The number of benzene rings is 10. The van der Waals surface area contributed by atoms with Gasteiger partial charge >= 0.3 is 7.12 Å². The van der Waals surface area contributed by atoms with E-state index in [9.17, 15) is 10.0 Å². The molecule has 0 bridgehead atoms. The van der Waals surface area contributed by atoms with E-state index in [-0.39, 0.29) is 0 Å². The minimum atomic E-state index is -1.51. The molecule has 0 radical (unpaired) electrons. The van der Waals surface area contributed by atoms with Gasteiger partial charge in [0.15, 0.2) is 0 Å². The molecule has 0 unspecified atom stereocenters. The molecule has 0 atom stereocenters. The number of para-hydroxylation sites is 6. The van der Waals surface area contributed by atoms with Crippen LogP contribution in [0.25, 0.3) is 128 Å². The van der Waals surface area contributed by atoms with Crippen LogP contribution in [0.4, 0.5) is 0 Å². The highest BCUT2D eigenvalue weighted by Gasteiger charge is 2.21. The third kappa shape index (κ3) is 7.09. The minimum absolute atomic E-state index is 0.397. The van der Waals surface area contributed by atoms with Crippen LogP contribution in [0.2, 0.25) is 0 Å².